The van der Waals surface area contributed by atoms with Crippen LogP contribution in [-0.2, 0) is 0 Å². The number of methoxy groups -OCH3 is 1. The summed E-state index contributed by atoms with van der Waals surface area (Å²) in [5.41, 5.74) is -1.24. The number of halogens is 5. The molecule has 10 heteroatoms. The molecule has 0 bridgehead atoms. The highest BCUT2D eigenvalue weighted by atomic mass is 32.1. The van der Waals surface area contributed by atoms with Crippen LogP contribution in [0.3, 0.4) is 0 Å². The Kier molecular flexibility index (Phi) is 5.52. The van der Waals surface area contributed by atoms with Crippen molar-refractivity contribution in [2.24, 2.45) is 0 Å². The molecule has 25 heavy (non-hydrogen) atoms. The van der Waals surface area contributed by atoms with Crippen LogP contribution in [0.25, 0.3) is 0 Å². The molecule has 0 atom stereocenters. The van der Waals surface area contributed by atoms with Crippen molar-refractivity contribution in [1.82, 2.24) is 5.32 Å². The Morgan fingerprint density at radius 3 is 1.96 bits per heavy atom. The fourth-order valence-corrected chi connectivity index (χ4v) is 2.06. The van der Waals surface area contributed by atoms with Gasteiger partial charge in [-0.15, -0.1) is 0 Å². The minimum atomic E-state index is -1.93. The Morgan fingerprint density at radius 2 is 1.48 bits per heavy atom. The predicted molar refractivity (Wildman–Crippen MR) is 82.9 cm³/mol. The van der Waals surface area contributed by atoms with Crippen molar-refractivity contribution in [1.29, 1.82) is 0 Å². The van der Waals surface area contributed by atoms with Gasteiger partial charge in [0, 0.05) is 5.69 Å². The molecule has 2 aromatic carbocycles. The van der Waals surface area contributed by atoms with E-state index >= 15 is 0 Å². The lowest BCUT2D eigenvalue weighted by Crippen LogP contribution is -2.35. The van der Waals surface area contributed by atoms with Crippen LogP contribution in [0, 0.1) is 29.1 Å². The van der Waals surface area contributed by atoms with Crippen LogP contribution in [0.5, 0.6) is 5.75 Å². The van der Waals surface area contributed by atoms with Crippen LogP contribution in [0.4, 0.5) is 27.6 Å². The summed E-state index contributed by atoms with van der Waals surface area (Å²) >= 11 is 4.75. The second-order valence-electron chi connectivity index (χ2n) is 4.58. The molecule has 0 saturated heterocycles. The number of thiocarbonyl (C=S) groups is 1. The molecule has 0 radical (unpaired) electrons. The highest BCUT2D eigenvalue weighted by Gasteiger charge is 2.30. The van der Waals surface area contributed by atoms with E-state index in [1.165, 1.54) is 12.1 Å². The Hall–Kier alpha value is -2.75. The van der Waals surface area contributed by atoms with Crippen LogP contribution in [0.15, 0.2) is 24.3 Å². The molecule has 2 rings (SSSR count). The Labute approximate surface area is 143 Å². The number of benzene rings is 2. The third kappa shape index (κ3) is 3.85. The molecular formula is C15H9F5N2O2S. The summed E-state index contributed by atoms with van der Waals surface area (Å²) in [4.78, 5) is 11.9. The number of hydrogen-bond acceptors (Lipinski definition) is 3. The van der Waals surface area contributed by atoms with E-state index in [0.717, 1.165) is 19.2 Å². The molecule has 2 N–H and O–H groups in total. The quantitative estimate of drug-likeness (QED) is 0.489. The molecule has 0 fully saturated rings. The van der Waals surface area contributed by atoms with Crippen molar-refractivity contribution >= 4 is 28.9 Å². The molecule has 0 aliphatic carbocycles. The van der Waals surface area contributed by atoms with E-state index in [0.29, 0.717) is 0 Å². The summed E-state index contributed by atoms with van der Waals surface area (Å²) < 4.78 is 71.9. The molecule has 2 aromatic rings. The van der Waals surface area contributed by atoms with Gasteiger partial charge in [-0.1, -0.05) is 0 Å². The van der Waals surface area contributed by atoms with Gasteiger partial charge in [0.25, 0.3) is 5.91 Å². The maximum Gasteiger partial charge on any atom is 0.263 e. The third-order valence-electron chi connectivity index (χ3n) is 2.98. The Bertz CT molecular complexity index is 814. The first-order valence-corrected chi connectivity index (χ1v) is 6.95. The average molecular weight is 376 g/mol. The zero-order valence-corrected chi connectivity index (χ0v) is 13.2. The maximum atomic E-state index is 13.8. The smallest absolute Gasteiger partial charge is 0.263 e. The number of hydrogen-bond donors (Lipinski definition) is 2. The van der Waals surface area contributed by atoms with Crippen molar-refractivity contribution in [3.8, 4) is 5.75 Å². The zero-order valence-electron chi connectivity index (χ0n) is 12.4. The van der Waals surface area contributed by atoms with Gasteiger partial charge < -0.3 is 10.1 Å². The summed E-state index contributed by atoms with van der Waals surface area (Å²) in [6.45, 7) is 0. The van der Waals surface area contributed by atoms with Gasteiger partial charge in [0.1, 0.15) is 11.4 Å². The van der Waals surface area contributed by atoms with Gasteiger partial charge in [-0.05, 0) is 36.5 Å². The Morgan fingerprint density at radius 1 is 0.960 bits per heavy atom. The van der Waals surface area contributed by atoms with E-state index < -0.39 is 51.4 Å². The number of anilines is 1. The normalized spacial score (nSPS) is 10.3. The minimum absolute atomic E-state index is 0.264. The van der Waals surface area contributed by atoms with Crippen LogP contribution in [0.1, 0.15) is 10.4 Å². The lowest BCUT2D eigenvalue weighted by atomic mass is 10.1. The van der Waals surface area contributed by atoms with Crippen LogP contribution in [-0.4, -0.2) is 18.1 Å². The van der Waals surface area contributed by atoms with Gasteiger partial charge >= 0.3 is 0 Å². The first kappa shape index (κ1) is 18.6. The maximum absolute atomic E-state index is 13.8. The molecule has 0 aliphatic rings. The van der Waals surface area contributed by atoms with Gasteiger partial charge in [-0.3, -0.25) is 10.1 Å². The van der Waals surface area contributed by atoms with Crippen molar-refractivity contribution in [2.45, 2.75) is 0 Å². The van der Waals surface area contributed by atoms with Gasteiger partial charge in [0.2, 0.25) is 11.6 Å². The molecular weight excluding hydrogens is 367 g/mol. The lowest BCUT2D eigenvalue weighted by molar-refractivity contribution is 0.0966. The van der Waals surface area contributed by atoms with E-state index in [4.69, 9.17) is 12.2 Å². The lowest BCUT2D eigenvalue weighted by Gasteiger charge is -2.12. The largest absolute Gasteiger partial charge is 0.491 e. The number of ether oxygens (including phenoxy) is 1. The summed E-state index contributed by atoms with van der Waals surface area (Å²) in [5.74, 6) is -10.9. The van der Waals surface area contributed by atoms with Gasteiger partial charge in [-0.2, -0.15) is 8.78 Å². The SMILES string of the molecule is COc1c(F)c(F)c(C(=O)NC(=S)Nc2ccc(F)cc2)c(F)c1F. The van der Waals surface area contributed by atoms with Gasteiger partial charge in [-0.25, -0.2) is 13.2 Å². The van der Waals surface area contributed by atoms with E-state index in [-0.39, 0.29) is 5.69 Å². The van der Waals surface area contributed by atoms with Crippen molar-refractivity contribution in [2.75, 3.05) is 12.4 Å². The first-order chi connectivity index (χ1) is 11.8. The molecule has 0 spiro atoms. The standard InChI is InChI=1S/C15H9F5N2O2S/c1-24-13-11(19)9(17)8(10(18)12(13)20)14(23)22-15(25)21-7-4-2-6(16)3-5-7/h2-5H,1H3,(H2,21,22,23,25). The van der Waals surface area contributed by atoms with Crippen molar-refractivity contribution in [3.05, 3.63) is 58.9 Å². The monoisotopic (exact) mass is 376 g/mol. The average Bonchev–Trinajstić information content (AvgIpc) is 2.56. The summed E-state index contributed by atoms with van der Waals surface area (Å²) in [6.07, 6.45) is 0. The fraction of sp³-hybridized carbons (Fsp3) is 0.0667. The van der Waals surface area contributed by atoms with E-state index in [2.05, 4.69) is 10.1 Å². The zero-order chi connectivity index (χ0) is 18.7. The van der Waals surface area contributed by atoms with E-state index in [1.54, 1.807) is 0 Å². The van der Waals surface area contributed by atoms with Crippen molar-refractivity contribution < 1.29 is 31.5 Å². The van der Waals surface area contributed by atoms with Gasteiger partial charge in [0.15, 0.2) is 22.5 Å². The highest BCUT2D eigenvalue weighted by Crippen LogP contribution is 2.29. The van der Waals surface area contributed by atoms with Gasteiger partial charge in [0.05, 0.1) is 7.11 Å². The number of rotatable bonds is 3. The third-order valence-corrected chi connectivity index (χ3v) is 3.19. The number of carbonyl (C=O) groups is 1. The first-order valence-electron chi connectivity index (χ1n) is 6.54. The molecule has 0 heterocycles. The summed E-state index contributed by atoms with van der Waals surface area (Å²) in [7, 11) is 0.807. The molecule has 0 aliphatic heterocycles. The van der Waals surface area contributed by atoms with E-state index in [9.17, 15) is 26.7 Å². The number of carbonyl (C=O) groups excluding carboxylic acids is 1. The second-order valence-corrected chi connectivity index (χ2v) is 4.99. The predicted octanol–water partition coefficient (Wildman–Crippen LogP) is 3.52. The second kappa shape index (κ2) is 7.43. The Balaban J connectivity index is 2.23. The highest BCUT2D eigenvalue weighted by molar-refractivity contribution is 7.80. The topological polar surface area (TPSA) is 50.4 Å². The van der Waals surface area contributed by atoms with E-state index in [1.807, 2.05) is 5.32 Å². The van der Waals surface area contributed by atoms with Crippen LogP contribution >= 0.6 is 12.2 Å². The summed E-state index contributed by atoms with van der Waals surface area (Å²) in [6, 6.07) is 4.75. The molecule has 4 nitrogen and oxygen atoms in total. The molecule has 0 saturated carbocycles. The van der Waals surface area contributed by atoms with Crippen LogP contribution < -0.4 is 15.4 Å². The fourth-order valence-electron chi connectivity index (χ4n) is 1.85. The number of nitrogens with one attached hydrogen (secondary N) is 2. The minimum Gasteiger partial charge on any atom is -0.491 e. The molecule has 1 amide bonds. The number of amides is 1. The van der Waals surface area contributed by atoms with Crippen LogP contribution in [0.2, 0.25) is 0 Å². The van der Waals surface area contributed by atoms with Crippen molar-refractivity contribution in [3.63, 3.8) is 0 Å². The molecule has 132 valence electrons. The summed E-state index contributed by atoms with van der Waals surface area (Å²) in [5, 5.41) is 3.88. The molecule has 0 unspecified atom stereocenters. The molecule has 0 aromatic heterocycles.